The molecule has 0 unspecified atom stereocenters. The van der Waals surface area contributed by atoms with Crippen molar-refractivity contribution in [3.8, 4) is 11.5 Å². The number of alkyl halides is 3. The van der Waals surface area contributed by atoms with Crippen molar-refractivity contribution in [1.82, 2.24) is 10.3 Å². The smallest absolute Gasteiger partial charge is 0.416 e. The van der Waals surface area contributed by atoms with Gasteiger partial charge in [0.15, 0.2) is 0 Å². The Morgan fingerprint density at radius 2 is 1.89 bits per heavy atom. The second kappa shape index (κ2) is 5.44. The summed E-state index contributed by atoms with van der Waals surface area (Å²) in [6, 6.07) is 4.76. The van der Waals surface area contributed by atoms with Gasteiger partial charge in [0.2, 0.25) is 5.89 Å². The number of hydrogen-bond acceptors (Lipinski definition) is 3. The fourth-order valence-corrected chi connectivity index (χ4v) is 1.61. The quantitative estimate of drug-likeness (QED) is 0.927. The number of benzene rings is 1. The van der Waals surface area contributed by atoms with E-state index in [0.717, 1.165) is 24.4 Å². The van der Waals surface area contributed by atoms with Gasteiger partial charge >= 0.3 is 6.18 Å². The first kappa shape index (κ1) is 13.6. The molecule has 0 aliphatic rings. The van der Waals surface area contributed by atoms with Gasteiger partial charge in [-0.15, -0.1) is 0 Å². The van der Waals surface area contributed by atoms with Crippen LogP contribution in [0.25, 0.3) is 11.5 Å². The van der Waals surface area contributed by atoms with Crippen LogP contribution in [0.1, 0.15) is 11.3 Å². The summed E-state index contributed by atoms with van der Waals surface area (Å²) in [6.07, 6.45) is -2.10. The molecular weight excluding hydrogens is 257 g/mol. The first-order chi connectivity index (χ1) is 9.00. The zero-order valence-corrected chi connectivity index (χ0v) is 10.3. The molecular formula is C13H13F3N2O. The number of nitrogens with one attached hydrogen (secondary N) is 1. The summed E-state index contributed by atoms with van der Waals surface area (Å²) in [5.41, 5.74) is 0.617. The van der Waals surface area contributed by atoms with E-state index < -0.39 is 11.7 Å². The molecule has 0 saturated carbocycles. The molecule has 1 aromatic heterocycles. The van der Waals surface area contributed by atoms with Gasteiger partial charge in [0.1, 0.15) is 6.26 Å². The molecule has 0 bridgehead atoms. The van der Waals surface area contributed by atoms with E-state index in [-0.39, 0.29) is 0 Å². The number of oxazole rings is 1. The second-order valence-corrected chi connectivity index (χ2v) is 4.07. The average Bonchev–Trinajstić information content (AvgIpc) is 2.84. The van der Waals surface area contributed by atoms with E-state index in [2.05, 4.69) is 10.3 Å². The van der Waals surface area contributed by atoms with Gasteiger partial charge in [-0.2, -0.15) is 13.2 Å². The third kappa shape index (κ3) is 3.35. The fraction of sp³-hybridized carbons (Fsp3) is 0.308. The van der Waals surface area contributed by atoms with Crippen LogP contribution in [0.15, 0.2) is 34.9 Å². The molecule has 1 aromatic carbocycles. The van der Waals surface area contributed by atoms with Gasteiger partial charge in [0.05, 0.1) is 11.3 Å². The van der Waals surface area contributed by atoms with E-state index >= 15 is 0 Å². The topological polar surface area (TPSA) is 38.1 Å². The van der Waals surface area contributed by atoms with Crippen LogP contribution < -0.4 is 5.32 Å². The van der Waals surface area contributed by atoms with Crippen LogP contribution in [0, 0.1) is 0 Å². The Hall–Kier alpha value is -1.82. The number of aromatic nitrogens is 1. The third-order valence-electron chi connectivity index (χ3n) is 2.64. The molecule has 0 aliphatic heterocycles. The Morgan fingerprint density at radius 3 is 2.47 bits per heavy atom. The molecule has 2 rings (SSSR count). The number of nitrogens with zero attached hydrogens (tertiary/aromatic N) is 1. The molecule has 19 heavy (non-hydrogen) atoms. The third-order valence-corrected chi connectivity index (χ3v) is 2.64. The molecule has 0 radical (unpaired) electrons. The summed E-state index contributed by atoms with van der Waals surface area (Å²) in [4.78, 5) is 4.22. The number of halogens is 3. The second-order valence-electron chi connectivity index (χ2n) is 4.07. The van der Waals surface area contributed by atoms with Crippen LogP contribution in [0.2, 0.25) is 0 Å². The van der Waals surface area contributed by atoms with E-state index in [1.165, 1.54) is 18.4 Å². The van der Waals surface area contributed by atoms with Gasteiger partial charge < -0.3 is 9.73 Å². The predicted molar refractivity (Wildman–Crippen MR) is 64.6 cm³/mol. The number of likely N-dealkylation sites (N-methyl/N-ethyl adjacent to an activating group) is 1. The highest BCUT2D eigenvalue weighted by Crippen LogP contribution is 2.30. The molecule has 0 spiro atoms. The molecule has 6 heteroatoms. The summed E-state index contributed by atoms with van der Waals surface area (Å²) < 4.78 is 42.5. The van der Waals surface area contributed by atoms with Crippen molar-refractivity contribution in [2.75, 3.05) is 13.6 Å². The van der Waals surface area contributed by atoms with Crippen LogP contribution in [-0.4, -0.2) is 18.6 Å². The highest BCUT2D eigenvalue weighted by molar-refractivity contribution is 5.53. The van der Waals surface area contributed by atoms with Gasteiger partial charge in [-0.3, -0.25) is 0 Å². The molecule has 1 heterocycles. The van der Waals surface area contributed by atoms with Gasteiger partial charge in [0.25, 0.3) is 0 Å². The minimum atomic E-state index is -4.33. The lowest BCUT2D eigenvalue weighted by molar-refractivity contribution is -0.137. The lowest BCUT2D eigenvalue weighted by Crippen LogP contribution is -2.10. The molecule has 1 N–H and O–H groups in total. The van der Waals surface area contributed by atoms with Crippen molar-refractivity contribution >= 4 is 0 Å². The zero-order chi connectivity index (χ0) is 13.9. The van der Waals surface area contributed by atoms with Crippen molar-refractivity contribution < 1.29 is 17.6 Å². The van der Waals surface area contributed by atoms with E-state index in [9.17, 15) is 13.2 Å². The fourth-order valence-electron chi connectivity index (χ4n) is 1.61. The summed E-state index contributed by atoms with van der Waals surface area (Å²) in [5.74, 6) is 0.333. The lowest BCUT2D eigenvalue weighted by Gasteiger charge is -2.05. The first-order valence-electron chi connectivity index (χ1n) is 5.77. The molecule has 102 valence electrons. The van der Waals surface area contributed by atoms with E-state index in [1.54, 1.807) is 0 Å². The zero-order valence-electron chi connectivity index (χ0n) is 10.3. The largest absolute Gasteiger partial charge is 0.444 e. The van der Waals surface area contributed by atoms with Crippen molar-refractivity contribution in [3.05, 3.63) is 41.8 Å². The Kier molecular flexibility index (Phi) is 3.90. The van der Waals surface area contributed by atoms with Crippen LogP contribution >= 0.6 is 0 Å². The molecule has 0 aliphatic carbocycles. The molecule has 0 saturated heterocycles. The van der Waals surface area contributed by atoms with Gasteiger partial charge in [-0.1, -0.05) is 0 Å². The highest BCUT2D eigenvalue weighted by Gasteiger charge is 2.30. The maximum absolute atomic E-state index is 12.4. The first-order valence-corrected chi connectivity index (χ1v) is 5.77. The van der Waals surface area contributed by atoms with E-state index in [4.69, 9.17) is 4.42 Å². The summed E-state index contributed by atoms with van der Waals surface area (Å²) in [6.45, 7) is 0.763. The maximum Gasteiger partial charge on any atom is 0.416 e. The number of rotatable bonds is 4. The van der Waals surface area contributed by atoms with Crippen LogP contribution in [0.3, 0.4) is 0 Å². The molecule has 2 aromatic rings. The van der Waals surface area contributed by atoms with Crippen molar-refractivity contribution in [2.45, 2.75) is 12.6 Å². The predicted octanol–water partition coefficient (Wildman–Crippen LogP) is 3.12. The van der Waals surface area contributed by atoms with Crippen molar-refractivity contribution in [3.63, 3.8) is 0 Å². The normalized spacial score (nSPS) is 11.8. The Labute approximate surface area is 108 Å². The summed E-state index contributed by atoms with van der Waals surface area (Å²) >= 11 is 0. The Morgan fingerprint density at radius 1 is 1.21 bits per heavy atom. The summed E-state index contributed by atoms with van der Waals surface area (Å²) in [5, 5.41) is 2.98. The molecule has 0 amide bonds. The van der Waals surface area contributed by atoms with E-state index in [1.807, 2.05) is 7.05 Å². The Balaban J connectivity index is 2.16. The maximum atomic E-state index is 12.4. The minimum absolute atomic E-state index is 0.333. The number of hydrogen-bond donors (Lipinski definition) is 1. The van der Waals surface area contributed by atoms with Crippen LogP contribution in [0.4, 0.5) is 13.2 Å². The van der Waals surface area contributed by atoms with Gasteiger partial charge in [-0.25, -0.2) is 4.98 Å². The molecule has 0 atom stereocenters. The van der Waals surface area contributed by atoms with Crippen molar-refractivity contribution in [1.29, 1.82) is 0 Å². The van der Waals surface area contributed by atoms with Gasteiger partial charge in [-0.05, 0) is 31.3 Å². The van der Waals surface area contributed by atoms with Crippen LogP contribution in [0.5, 0.6) is 0 Å². The standard InChI is InChI=1S/C13H13F3N2O/c1-17-7-6-11-8-19-12(18-11)9-2-4-10(5-3-9)13(14,15)16/h2-5,8,17H,6-7H2,1H3. The highest BCUT2D eigenvalue weighted by atomic mass is 19.4. The van der Waals surface area contributed by atoms with E-state index in [0.29, 0.717) is 17.9 Å². The summed E-state index contributed by atoms with van der Waals surface area (Å²) in [7, 11) is 1.83. The molecule has 3 nitrogen and oxygen atoms in total. The lowest BCUT2D eigenvalue weighted by atomic mass is 10.1. The van der Waals surface area contributed by atoms with Crippen LogP contribution in [-0.2, 0) is 12.6 Å². The van der Waals surface area contributed by atoms with Gasteiger partial charge in [0, 0.05) is 18.5 Å². The Bertz CT molecular complexity index is 532. The minimum Gasteiger partial charge on any atom is -0.444 e. The van der Waals surface area contributed by atoms with Crippen molar-refractivity contribution in [2.24, 2.45) is 0 Å². The average molecular weight is 270 g/mol. The SMILES string of the molecule is CNCCc1coc(-c2ccc(C(F)(F)F)cc2)n1. The monoisotopic (exact) mass is 270 g/mol. The molecule has 0 fully saturated rings.